The van der Waals surface area contributed by atoms with Crippen molar-refractivity contribution in [3.63, 3.8) is 0 Å². The van der Waals surface area contributed by atoms with Crippen molar-refractivity contribution in [3.8, 4) is 0 Å². The first-order valence-electron chi connectivity index (χ1n) is 11.0. The zero-order chi connectivity index (χ0) is 20.8. The van der Waals surface area contributed by atoms with Gasteiger partial charge >= 0.3 is 0 Å². The smallest absolute Gasteiger partial charge is 0.246 e. The molecule has 164 valence electrons. The van der Waals surface area contributed by atoms with E-state index in [1.165, 1.54) is 0 Å². The van der Waals surface area contributed by atoms with Crippen LogP contribution in [0.3, 0.4) is 0 Å². The lowest BCUT2D eigenvalue weighted by Gasteiger charge is -2.70. The maximum atomic E-state index is 13.7. The molecule has 1 saturated heterocycles. The lowest BCUT2D eigenvalue weighted by Crippen LogP contribution is -2.84. The molecule has 4 aliphatic carbocycles. The number of hydrogen-bond acceptors (Lipinski definition) is 4. The highest BCUT2D eigenvalue weighted by Crippen LogP contribution is 2.60. The van der Waals surface area contributed by atoms with E-state index in [4.69, 9.17) is 16.3 Å². The van der Waals surface area contributed by atoms with Crippen LogP contribution < -0.4 is 16.0 Å². The van der Waals surface area contributed by atoms with E-state index >= 15 is 0 Å². The fraction of sp³-hybridized carbons (Fsp3) is 0.905. The Kier molecular flexibility index (Phi) is 5.86. The van der Waals surface area contributed by atoms with Crippen LogP contribution in [0.5, 0.6) is 0 Å². The summed E-state index contributed by atoms with van der Waals surface area (Å²) in [6.07, 6.45) is 4.53. The largest absolute Gasteiger partial charge is 0.368 e. The molecular formula is C21H33ClFN3O3. The van der Waals surface area contributed by atoms with Gasteiger partial charge in [0.2, 0.25) is 11.8 Å². The highest BCUT2D eigenvalue weighted by atomic mass is 35.5. The minimum atomic E-state index is -1.07. The van der Waals surface area contributed by atoms with Crippen molar-refractivity contribution < 1.29 is 18.7 Å². The number of piperidine rings is 1. The third kappa shape index (κ3) is 4.57. The topological polar surface area (TPSA) is 79.5 Å². The molecule has 2 bridgehead atoms. The summed E-state index contributed by atoms with van der Waals surface area (Å²) in [6.45, 7) is 4.27. The molecule has 0 aromatic rings. The first-order valence-corrected chi connectivity index (χ1v) is 11.4. The van der Waals surface area contributed by atoms with Crippen LogP contribution in [0, 0.1) is 5.92 Å². The van der Waals surface area contributed by atoms with Gasteiger partial charge < -0.3 is 20.7 Å². The molecule has 6 unspecified atom stereocenters. The van der Waals surface area contributed by atoms with Gasteiger partial charge in [0.1, 0.15) is 12.8 Å². The number of ether oxygens (including phenoxy) is 1. The molecule has 5 fully saturated rings. The molecule has 0 radical (unpaired) electrons. The Morgan fingerprint density at radius 1 is 1.10 bits per heavy atom. The zero-order valence-corrected chi connectivity index (χ0v) is 18.1. The molecule has 5 aliphatic rings. The Morgan fingerprint density at radius 2 is 1.79 bits per heavy atom. The van der Waals surface area contributed by atoms with Crippen LogP contribution in [0.2, 0.25) is 0 Å². The fourth-order valence-corrected chi connectivity index (χ4v) is 6.11. The summed E-state index contributed by atoms with van der Waals surface area (Å²) in [5, 5.41) is 9.24. The van der Waals surface area contributed by atoms with Gasteiger partial charge in [-0.2, -0.15) is 0 Å². The Balaban J connectivity index is 1.16. The predicted molar refractivity (Wildman–Crippen MR) is 109 cm³/mol. The molecule has 1 aliphatic heterocycles. The number of rotatable bonds is 6. The van der Waals surface area contributed by atoms with Crippen molar-refractivity contribution >= 4 is 23.4 Å². The van der Waals surface area contributed by atoms with Crippen molar-refractivity contribution in [2.24, 2.45) is 5.92 Å². The van der Waals surface area contributed by atoms with Crippen molar-refractivity contribution in [3.05, 3.63) is 0 Å². The van der Waals surface area contributed by atoms with E-state index < -0.39 is 11.5 Å². The number of hydrogen-bond donors (Lipinski definition) is 3. The van der Waals surface area contributed by atoms with Crippen molar-refractivity contribution in [2.75, 3.05) is 6.61 Å². The van der Waals surface area contributed by atoms with Crippen LogP contribution in [-0.4, -0.2) is 59.2 Å². The molecule has 2 amide bonds. The number of carbonyl (C=O) groups excluding carboxylic acids is 2. The van der Waals surface area contributed by atoms with E-state index in [1.54, 1.807) is 0 Å². The first-order chi connectivity index (χ1) is 13.7. The standard InChI is InChI=1S/C21H33ClFN3O3/c1-12-5-13(2)24-17(6-12)19(28)26-21-9-20(10-21,11-21)25-18(27)8-29-14-3-4-15(22)16(23)7-14/h12-17,24H,3-11H2,1-2H3,(H,25,27)(H,26,28). The number of carbonyl (C=O) groups is 2. The highest BCUT2D eigenvalue weighted by molar-refractivity contribution is 6.21. The minimum absolute atomic E-state index is 0.0484. The normalized spacial score (nSPS) is 46.2. The van der Waals surface area contributed by atoms with E-state index in [-0.39, 0.29) is 48.1 Å². The number of halogens is 2. The van der Waals surface area contributed by atoms with E-state index in [0.29, 0.717) is 24.8 Å². The molecule has 0 aromatic carbocycles. The average molecular weight is 430 g/mol. The second kappa shape index (κ2) is 7.97. The summed E-state index contributed by atoms with van der Waals surface area (Å²) in [5.74, 6) is 0.472. The van der Waals surface area contributed by atoms with Gasteiger partial charge in [0, 0.05) is 23.5 Å². The Morgan fingerprint density at radius 3 is 2.45 bits per heavy atom. The van der Waals surface area contributed by atoms with Crippen molar-refractivity contribution in [2.45, 2.75) is 106 Å². The first kappa shape index (κ1) is 21.3. The number of alkyl halides is 2. The SMILES string of the molecule is CC1CC(C)NC(C(=O)NC23CC(NC(=O)COC4CCC(Cl)C(F)C4)(C2)C3)C1. The highest BCUT2D eigenvalue weighted by Gasteiger charge is 2.69. The van der Waals surface area contributed by atoms with Crippen LogP contribution in [0.4, 0.5) is 4.39 Å². The number of nitrogens with one attached hydrogen (secondary N) is 3. The average Bonchev–Trinajstić information content (AvgIpc) is 2.59. The molecule has 3 N–H and O–H groups in total. The lowest BCUT2D eigenvalue weighted by atomic mass is 9.44. The lowest BCUT2D eigenvalue weighted by molar-refractivity contribution is -0.154. The summed E-state index contributed by atoms with van der Waals surface area (Å²) < 4.78 is 19.3. The predicted octanol–water partition coefficient (Wildman–Crippen LogP) is 2.19. The monoisotopic (exact) mass is 429 g/mol. The molecule has 6 atom stereocenters. The van der Waals surface area contributed by atoms with E-state index in [2.05, 4.69) is 29.8 Å². The zero-order valence-electron chi connectivity index (χ0n) is 17.3. The third-order valence-corrected chi connectivity index (χ3v) is 7.61. The van der Waals surface area contributed by atoms with E-state index in [9.17, 15) is 14.0 Å². The van der Waals surface area contributed by atoms with E-state index in [1.807, 2.05) is 0 Å². The van der Waals surface area contributed by atoms with Gasteiger partial charge in [0.25, 0.3) is 0 Å². The molecule has 29 heavy (non-hydrogen) atoms. The van der Waals surface area contributed by atoms with Crippen LogP contribution in [0.15, 0.2) is 0 Å². The Labute approximate surface area is 177 Å². The van der Waals surface area contributed by atoms with Gasteiger partial charge in [-0.15, -0.1) is 11.6 Å². The molecule has 0 spiro atoms. The molecule has 4 saturated carbocycles. The summed E-state index contributed by atoms with van der Waals surface area (Å²) in [4.78, 5) is 24.9. The second-order valence-corrected chi connectivity index (χ2v) is 10.7. The molecule has 5 rings (SSSR count). The van der Waals surface area contributed by atoms with Crippen LogP contribution >= 0.6 is 11.6 Å². The summed E-state index contributed by atoms with van der Waals surface area (Å²) >= 11 is 5.88. The molecule has 8 heteroatoms. The van der Waals surface area contributed by atoms with Gasteiger partial charge in [-0.1, -0.05) is 6.92 Å². The second-order valence-electron chi connectivity index (χ2n) is 10.1. The molecule has 1 heterocycles. The summed E-state index contributed by atoms with van der Waals surface area (Å²) in [5.41, 5.74) is -0.359. The van der Waals surface area contributed by atoms with Crippen molar-refractivity contribution in [1.82, 2.24) is 16.0 Å². The molecule has 6 nitrogen and oxygen atoms in total. The third-order valence-electron chi connectivity index (χ3n) is 7.11. The summed E-state index contributed by atoms with van der Waals surface area (Å²) in [6, 6.07) is 0.240. The summed E-state index contributed by atoms with van der Waals surface area (Å²) in [7, 11) is 0. The Bertz CT molecular complexity index is 633. The minimum Gasteiger partial charge on any atom is -0.368 e. The maximum absolute atomic E-state index is 13.7. The quantitative estimate of drug-likeness (QED) is 0.565. The van der Waals surface area contributed by atoms with Gasteiger partial charge in [-0.25, -0.2) is 4.39 Å². The molecular weight excluding hydrogens is 397 g/mol. The van der Waals surface area contributed by atoms with Crippen LogP contribution in [-0.2, 0) is 14.3 Å². The van der Waals surface area contributed by atoms with Crippen LogP contribution in [0.25, 0.3) is 0 Å². The van der Waals surface area contributed by atoms with Gasteiger partial charge in [0.15, 0.2) is 0 Å². The Hall–Kier alpha value is -0.920. The van der Waals surface area contributed by atoms with Crippen molar-refractivity contribution in [1.29, 1.82) is 0 Å². The number of amides is 2. The van der Waals surface area contributed by atoms with Gasteiger partial charge in [-0.3, -0.25) is 9.59 Å². The fourth-order valence-electron chi connectivity index (χ4n) is 5.89. The van der Waals surface area contributed by atoms with E-state index in [0.717, 1.165) is 32.1 Å². The van der Waals surface area contributed by atoms with Crippen LogP contribution in [0.1, 0.15) is 65.2 Å². The maximum Gasteiger partial charge on any atom is 0.246 e. The van der Waals surface area contributed by atoms with Gasteiger partial charge in [-0.05, 0) is 57.8 Å². The molecule has 0 aromatic heterocycles. The van der Waals surface area contributed by atoms with Gasteiger partial charge in [0.05, 0.1) is 17.5 Å².